The summed E-state index contributed by atoms with van der Waals surface area (Å²) in [6.07, 6.45) is 5.43. The summed E-state index contributed by atoms with van der Waals surface area (Å²) in [4.78, 5) is 18.0. The van der Waals surface area contributed by atoms with E-state index < -0.39 is 0 Å². The third-order valence-electron chi connectivity index (χ3n) is 1.75. The van der Waals surface area contributed by atoms with Gasteiger partial charge in [0.15, 0.2) is 5.16 Å². The minimum absolute atomic E-state index is 0.388. The van der Waals surface area contributed by atoms with Crippen molar-refractivity contribution >= 4 is 17.7 Å². The number of methoxy groups -OCH3 is 1. The molecule has 0 aliphatic carbocycles. The lowest BCUT2D eigenvalue weighted by Gasteiger charge is -1.95. The number of aromatic nitrogens is 2. The van der Waals surface area contributed by atoms with Crippen molar-refractivity contribution in [1.29, 1.82) is 0 Å². The van der Waals surface area contributed by atoms with Crippen molar-refractivity contribution in [2.45, 2.75) is 18.0 Å². The second-order valence-electron chi connectivity index (χ2n) is 2.87. The molecular formula is C10H14N2O2S. The molecule has 82 valence electrons. The molecule has 5 heteroatoms. The number of thioether (sulfide) groups is 1. The maximum atomic E-state index is 11.1. The van der Waals surface area contributed by atoms with Crippen LogP contribution in [0.5, 0.6) is 0 Å². The van der Waals surface area contributed by atoms with Crippen molar-refractivity contribution < 1.29 is 9.53 Å². The first-order valence-corrected chi connectivity index (χ1v) is 5.63. The molecule has 0 fully saturated rings. The molecule has 0 saturated heterocycles. The first-order chi connectivity index (χ1) is 7.27. The molecule has 1 aromatic rings. The molecule has 0 saturated carbocycles. The summed E-state index contributed by atoms with van der Waals surface area (Å²) in [6.45, 7) is 3.65. The average Bonchev–Trinajstić information content (AvgIpc) is 2.72. The van der Waals surface area contributed by atoms with Gasteiger partial charge in [0.2, 0.25) is 0 Å². The first kappa shape index (κ1) is 11.8. The van der Waals surface area contributed by atoms with Crippen LogP contribution >= 0.6 is 11.8 Å². The molecule has 15 heavy (non-hydrogen) atoms. The number of ether oxygens (including phenoxy) is 1. The SMILES string of the molecule is C=CCCCSc1ncc(C(=O)OC)[nH]1. The Balaban J connectivity index is 2.39. The molecule has 0 amide bonds. The summed E-state index contributed by atoms with van der Waals surface area (Å²) < 4.78 is 4.56. The van der Waals surface area contributed by atoms with E-state index in [4.69, 9.17) is 0 Å². The Hall–Kier alpha value is -1.23. The largest absolute Gasteiger partial charge is 0.464 e. The van der Waals surface area contributed by atoms with E-state index in [0.29, 0.717) is 5.69 Å². The number of rotatable bonds is 6. The van der Waals surface area contributed by atoms with Crippen molar-refractivity contribution in [1.82, 2.24) is 9.97 Å². The van der Waals surface area contributed by atoms with E-state index in [1.807, 2.05) is 6.08 Å². The smallest absolute Gasteiger partial charge is 0.356 e. The number of unbranched alkanes of at least 4 members (excludes halogenated alkanes) is 1. The van der Waals surface area contributed by atoms with E-state index in [1.165, 1.54) is 13.3 Å². The number of imidazole rings is 1. The van der Waals surface area contributed by atoms with Crippen molar-refractivity contribution in [2.24, 2.45) is 0 Å². The molecule has 1 rings (SSSR count). The number of carbonyl (C=O) groups is 1. The van der Waals surface area contributed by atoms with Crippen LogP contribution < -0.4 is 0 Å². The van der Waals surface area contributed by atoms with Gasteiger partial charge in [-0.05, 0) is 12.8 Å². The van der Waals surface area contributed by atoms with E-state index in [1.54, 1.807) is 11.8 Å². The monoisotopic (exact) mass is 226 g/mol. The Morgan fingerprint density at radius 2 is 2.60 bits per heavy atom. The van der Waals surface area contributed by atoms with Gasteiger partial charge in [-0.3, -0.25) is 0 Å². The molecule has 1 aromatic heterocycles. The van der Waals surface area contributed by atoms with Crippen LogP contribution in [0.15, 0.2) is 24.0 Å². The van der Waals surface area contributed by atoms with Gasteiger partial charge in [-0.1, -0.05) is 17.8 Å². The number of H-pyrrole nitrogens is 1. The van der Waals surface area contributed by atoms with Gasteiger partial charge in [0.25, 0.3) is 0 Å². The zero-order valence-electron chi connectivity index (χ0n) is 8.66. The number of esters is 1. The molecular weight excluding hydrogens is 212 g/mol. The van der Waals surface area contributed by atoms with Crippen molar-refractivity contribution in [3.05, 3.63) is 24.5 Å². The molecule has 1 heterocycles. The highest BCUT2D eigenvalue weighted by Gasteiger charge is 2.08. The maximum Gasteiger partial charge on any atom is 0.356 e. The summed E-state index contributed by atoms with van der Waals surface area (Å²) in [5.41, 5.74) is 0.392. The minimum atomic E-state index is -0.388. The molecule has 0 bridgehead atoms. The van der Waals surface area contributed by atoms with Crippen molar-refractivity contribution in [2.75, 3.05) is 12.9 Å². The van der Waals surface area contributed by atoms with E-state index in [2.05, 4.69) is 21.3 Å². The molecule has 0 unspecified atom stereocenters. The highest BCUT2D eigenvalue weighted by molar-refractivity contribution is 7.99. The molecule has 0 aromatic carbocycles. The predicted octanol–water partition coefficient (Wildman–Crippen LogP) is 2.25. The zero-order chi connectivity index (χ0) is 11.1. The topological polar surface area (TPSA) is 55.0 Å². The lowest BCUT2D eigenvalue weighted by molar-refractivity contribution is 0.0594. The van der Waals surface area contributed by atoms with Crippen molar-refractivity contribution in [3.8, 4) is 0 Å². The van der Waals surface area contributed by atoms with E-state index in [0.717, 1.165) is 23.8 Å². The predicted molar refractivity (Wildman–Crippen MR) is 60.1 cm³/mol. The Morgan fingerprint density at radius 3 is 3.27 bits per heavy atom. The standard InChI is InChI=1S/C10H14N2O2S/c1-3-4-5-6-15-10-11-7-8(12-10)9(13)14-2/h3,7H,1,4-6H2,2H3,(H,11,12). The molecule has 0 atom stereocenters. The second kappa shape index (κ2) is 6.29. The van der Waals surface area contributed by atoms with Gasteiger partial charge in [-0.2, -0.15) is 0 Å². The normalized spacial score (nSPS) is 9.93. The van der Waals surface area contributed by atoms with Crippen LogP contribution in [0.1, 0.15) is 23.3 Å². The molecule has 0 radical (unpaired) electrons. The number of carbonyl (C=O) groups excluding carboxylic acids is 1. The summed E-state index contributed by atoms with van der Waals surface area (Å²) in [5, 5.41) is 0.750. The average molecular weight is 226 g/mol. The Labute approximate surface area is 93.1 Å². The Bertz CT molecular complexity index is 336. The number of aromatic amines is 1. The van der Waals surface area contributed by atoms with E-state index in [9.17, 15) is 4.79 Å². The van der Waals surface area contributed by atoms with Gasteiger partial charge >= 0.3 is 5.97 Å². The van der Waals surface area contributed by atoms with Crippen LogP contribution in [-0.4, -0.2) is 28.8 Å². The number of nitrogens with one attached hydrogen (secondary N) is 1. The van der Waals surface area contributed by atoms with E-state index >= 15 is 0 Å². The molecule has 0 aliphatic rings. The van der Waals surface area contributed by atoms with Crippen LogP contribution in [0.2, 0.25) is 0 Å². The molecule has 4 nitrogen and oxygen atoms in total. The Kier molecular flexibility index (Phi) is 4.97. The fourth-order valence-electron chi connectivity index (χ4n) is 0.986. The summed E-state index contributed by atoms with van der Waals surface area (Å²) in [5.74, 6) is 0.570. The summed E-state index contributed by atoms with van der Waals surface area (Å²) in [7, 11) is 1.35. The summed E-state index contributed by atoms with van der Waals surface area (Å²) in [6, 6.07) is 0. The van der Waals surface area contributed by atoms with Crippen LogP contribution in [0.25, 0.3) is 0 Å². The highest BCUT2D eigenvalue weighted by Crippen LogP contribution is 2.15. The number of allylic oxidation sites excluding steroid dienone is 1. The highest BCUT2D eigenvalue weighted by atomic mass is 32.2. The number of nitrogens with zero attached hydrogens (tertiary/aromatic N) is 1. The fourth-order valence-corrected chi connectivity index (χ4v) is 1.80. The third-order valence-corrected chi connectivity index (χ3v) is 2.72. The molecule has 1 N–H and O–H groups in total. The molecule has 0 aliphatic heterocycles. The van der Waals surface area contributed by atoms with Crippen molar-refractivity contribution in [3.63, 3.8) is 0 Å². The zero-order valence-corrected chi connectivity index (χ0v) is 9.47. The Morgan fingerprint density at radius 1 is 1.80 bits per heavy atom. The van der Waals surface area contributed by atoms with Gasteiger partial charge in [-0.25, -0.2) is 9.78 Å². The maximum absolute atomic E-state index is 11.1. The van der Waals surface area contributed by atoms with Crippen LogP contribution in [-0.2, 0) is 4.74 Å². The fraction of sp³-hybridized carbons (Fsp3) is 0.400. The second-order valence-corrected chi connectivity index (χ2v) is 3.96. The lowest BCUT2D eigenvalue weighted by Crippen LogP contribution is -2.00. The quantitative estimate of drug-likeness (QED) is 0.350. The number of hydrogen-bond acceptors (Lipinski definition) is 4. The van der Waals surface area contributed by atoms with Crippen LogP contribution in [0.4, 0.5) is 0 Å². The van der Waals surface area contributed by atoms with Gasteiger partial charge in [-0.15, -0.1) is 6.58 Å². The summed E-state index contributed by atoms with van der Waals surface area (Å²) >= 11 is 1.59. The third kappa shape index (κ3) is 3.79. The van der Waals surface area contributed by atoms with Gasteiger partial charge < -0.3 is 9.72 Å². The lowest BCUT2D eigenvalue weighted by atomic mass is 10.3. The van der Waals surface area contributed by atoms with Gasteiger partial charge in [0.05, 0.1) is 13.3 Å². The van der Waals surface area contributed by atoms with Crippen LogP contribution in [0.3, 0.4) is 0 Å². The van der Waals surface area contributed by atoms with E-state index in [-0.39, 0.29) is 5.97 Å². The molecule has 0 spiro atoms. The minimum Gasteiger partial charge on any atom is -0.464 e. The number of hydrogen-bond donors (Lipinski definition) is 1. The first-order valence-electron chi connectivity index (χ1n) is 4.65. The van der Waals surface area contributed by atoms with Gasteiger partial charge in [0.1, 0.15) is 5.69 Å². The van der Waals surface area contributed by atoms with Crippen LogP contribution in [0, 0.1) is 0 Å². The van der Waals surface area contributed by atoms with Gasteiger partial charge in [0, 0.05) is 5.75 Å².